The highest BCUT2D eigenvalue weighted by Crippen LogP contribution is 2.06. The lowest BCUT2D eigenvalue weighted by Gasteiger charge is -2.21. The van der Waals surface area contributed by atoms with Crippen LogP contribution < -0.4 is 10.6 Å². The lowest BCUT2D eigenvalue weighted by molar-refractivity contribution is -0.141. The SMILES string of the molecule is CCCCC(CCC)NCC(NC(C)=O)C(=O)O. The van der Waals surface area contributed by atoms with E-state index in [0.29, 0.717) is 6.04 Å². The molecule has 0 spiro atoms. The van der Waals surface area contributed by atoms with Crippen LogP contribution in [-0.2, 0) is 9.59 Å². The smallest absolute Gasteiger partial charge is 0.327 e. The summed E-state index contributed by atoms with van der Waals surface area (Å²) in [6.07, 6.45) is 5.42. The number of hydrogen-bond donors (Lipinski definition) is 3. The van der Waals surface area contributed by atoms with E-state index < -0.39 is 12.0 Å². The molecule has 0 aromatic heterocycles. The molecule has 2 atom stereocenters. The van der Waals surface area contributed by atoms with Crippen molar-refractivity contribution in [3.63, 3.8) is 0 Å². The maximum Gasteiger partial charge on any atom is 0.327 e. The molecule has 1 amide bonds. The average molecular weight is 258 g/mol. The molecule has 0 saturated heterocycles. The van der Waals surface area contributed by atoms with Gasteiger partial charge in [-0.1, -0.05) is 33.1 Å². The summed E-state index contributed by atoms with van der Waals surface area (Å²) in [6, 6.07) is -0.506. The topological polar surface area (TPSA) is 78.4 Å². The Balaban J connectivity index is 4.17. The Morgan fingerprint density at radius 3 is 2.28 bits per heavy atom. The van der Waals surface area contributed by atoms with Gasteiger partial charge in [-0.15, -0.1) is 0 Å². The van der Waals surface area contributed by atoms with Gasteiger partial charge in [0.05, 0.1) is 0 Å². The van der Waals surface area contributed by atoms with Crippen molar-refractivity contribution < 1.29 is 14.7 Å². The molecular formula is C13H26N2O3. The van der Waals surface area contributed by atoms with Crippen LogP contribution in [0.15, 0.2) is 0 Å². The minimum absolute atomic E-state index is 0.281. The molecule has 3 N–H and O–H groups in total. The Morgan fingerprint density at radius 2 is 1.83 bits per heavy atom. The number of carboxylic acid groups (broad SMARTS) is 1. The van der Waals surface area contributed by atoms with Crippen molar-refractivity contribution in [2.45, 2.75) is 65.0 Å². The van der Waals surface area contributed by atoms with E-state index in [1.165, 1.54) is 6.92 Å². The molecule has 0 bridgehead atoms. The summed E-state index contributed by atoms with van der Waals surface area (Å²) in [5.41, 5.74) is 0. The molecule has 0 radical (unpaired) electrons. The number of carbonyl (C=O) groups is 2. The van der Waals surface area contributed by atoms with Crippen LogP contribution in [0.2, 0.25) is 0 Å². The highest BCUT2D eigenvalue weighted by atomic mass is 16.4. The van der Waals surface area contributed by atoms with Crippen LogP contribution in [0.25, 0.3) is 0 Å². The van der Waals surface area contributed by atoms with Gasteiger partial charge >= 0.3 is 5.97 Å². The highest BCUT2D eigenvalue weighted by Gasteiger charge is 2.19. The molecule has 0 fully saturated rings. The first kappa shape index (κ1) is 16.9. The quantitative estimate of drug-likeness (QED) is 0.555. The number of nitrogens with one attached hydrogen (secondary N) is 2. The molecule has 0 aliphatic heterocycles. The van der Waals surface area contributed by atoms with Crippen molar-refractivity contribution in [2.75, 3.05) is 6.54 Å². The van der Waals surface area contributed by atoms with Crippen LogP contribution in [0, 0.1) is 0 Å². The largest absolute Gasteiger partial charge is 0.480 e. The Hall–Kier alpha value is -1.10. The van der Waals surface area contributed by atoms with Gasteiger partial charge in [0.1, 0.15) is 6.04 Å². The normalized spacial score (nSPS) is 13.9. The van der Waals surface area contributed by atoms with Gasteiger partial charge in [0.25, 0.3) is 0 Å². The molecule has 106 valence electrons. The molecule has 0 saturated carbocycles. The van der Waals surface area contributed by atoms with E-state index in [1.807, 2.05) is 0 Å². The number of rotatable bonds is 10. The summed E-state index contributed by atoms with van der Waals surface area (Å²) >= 11 is 0. The van der Waals surface area contributed by atoms with Crippen LogP contribution in [0.1, 0.15) is 52.9 Å². The standard InChI is InChI=1S/C13H26N2O3/c1-4-6-8-11(7-5-2)14-9-12(13(17)18)15-10(3)16/h11-12,14H,4-9H2,1-3H3,(H,15,16)(H,17,18). The Morgan fingerprint density at radius 1 is 1.17 bits per heavy atom. The van der Waals surface area contributed by atoms with Crippen molar-refractivity contribution in [3.8, 4) is 0 Å². The second-order valence-corrected chi connectivity index (χ2v) is 4.63. The van der Waals surface area contributed by atoms with E-state index in [9.17, 15) is 9.59 Å². The monoisotopic (exact) mass is 258 g/mol. The van der Waals surface area contributed by atoms with Crippen molar-refractivity contribution in [1.29, 1.82) is 0 Å². The summed E-state index contributed by atoms with van der Waals surface area (Å²) in [5.74, 6) is -1.31. The van der Waals surface area contributed by atoms with E-state index in [4.69, 9.17) is 5.11 Å². The predicted octanol–water partition coefficient (Wildman–Crippen LogP) is 1.52. The lowest BCUT2D eigenvalue weighted by Crippen LogP contribution is -2.48. The third-order valence-electron chi connectivity index (χ3n) is 2.83. The van der Waals surface area contributed by atoms with Crippen LogP contribution in [-0.4, -0.2) is 35.6 Å². The first-order valence-corrected chi connectivity index (χ1v) is 6.74. The zero-order valence-corrected chi connectivity index (χ0v) is 11.7. The summed E-state index contributed by atoms with van der Waals surface area (Å²) in [4.78, 5) is 21.9. The number of carbonyl (C=O) groups excluding carboxylic acids is 1. The second kappa shape index (κ2) is 9.88. The van der Waals surface area contributed by atoms with Crippen LogP contribution >= 0.6 is 0 Å². The van der Waals surface area contributed by atoms with E-state index in [1.54, 1.807) is 0 Å². The average Bonchev–Trinajstić information content (AvgIpc) is 2.30. The summed E-state index contributed by atoms with van der Waals surface area (Å²) in [5, 5.41) is 14.7. The summed E-state index contributed by atoms with van der Waals surface area (Å²) < 4.78 is 0. The van der Waals surface area contributed by atoms with Gasteiger partial charge in [0.15, 0.2) is 0 Å². The Kier molecular flexibility index (Phi) is 9.28. The van der Waals surface area contributed by atoms with Gasteiger partial charge < -0.3 is 15.7 Å². The third kappa shape index (κ3) is 8.06. The molecule has 2 unspecified atom stereocenters. The fraction of sp³-hybridized carbons (Fsp3) is 0.846. The number of hydrogen-bond acceptors (Lipinski definition) is 3. The Labute approximate surface area is 109 Å². The zero-order valence-electron chi connectivity index (χ0n) is 11.7. The number of aliphatic carboxylic acids is 1. The number of carboxylic acids is 1. The Bertz CT molecular complexity index is 257. The van der Waals surface area contributed by atoms with Gasteiger partial charge in [0, 0.05) is 19.5 Å². The summed E-state index contributed by atoms with van der Waals surface area (Å²) in [7, 11) is 0. The van der Waals surface area contributed by atoms with Gasteiger partial charge in [0.2, 0.25) is 5.91 Å². The number of unbranched alkanes of at least 4 members (excludes halogenated alkanes) is 1. The van der Waals surface area contributed by atoms with E-state index >= 15 is 0 Å². The van der Waals surface area contributed by atoms with Crippen molar-refractivity contribution in [2.24, 2.45) is 0 Å². The fourth-order valence-corrected chi connectivity index (χ4v) is 1.88. The molecule has 0 heterocycles. The van der Waals surface area contributed by atoms with Crippen LogP contribution in [0.4, 0.5) is 0 Å². The van der Waals surface area contributed by atoms with E-state index in [-0.39, 0.29) is 12.5 Å². The molecule has 5 heteroatoms. The summed E-state index contributed by atoms with van der Waals surface area (Å²) in [6.45, 7) is 5.86. The molecule has 0 rings (SSSR count). The molecule has 0 aromatic rings. The van der Waals surface area contributed by atoms with Crippen LogP contribution in [0.3, 0.4) is 0 Å². The van der Waals surface area contributed by atoms with Crippen molar-refractivity contribution in [1.82, 2.24) is 10.6 Å². The minimum atomic E-state index is -0.997. The molecule has 18 heavy (non-hydrogen) atoms. The van der Waals surface area contributed by atoms with Crippen LogP contribution in [0.5, 0.6) is 0 Å². The molecule has 5 nitrogen and oxygen atoms in total. The second-order valence-electron chi connectivity index (χ2n) is 4.63. The maximum absolute atomic E-state index is 11.0. The lowest BCUT2D eigenvalue weighted by atomic mass is 10.0. The first-order chi connectivity index (χ1) is 8.51. The van der Waals surface area contributed by atoms with Gasteiger partial charge in [-0.3, -0.25) is 4.79 Å². The maximum atomic E-state index is 11.0. The van der Waals surface area contributed by atoms with Crippen molar-refractivity contribution >= 4 is 11.9 Å². The van der Waals surface area contributed by atoms with E-state index in [0.717, 1.165) is 32.1 Å². The molecule has 0 aromatic carbocycles. The molecule has 0 aliphatic carbocycles. The first-order valence-electron chi connectivity index (χ1n) is 6.74. The zero-order chi connectivity index (χ0) is 14.0. The molecular weight excluding hydrogens is 232 g/mol. The third-order valence-corrected chi connectivity index (χ3v) is 2.83. The fourth-order valence-electron chi connectivity index (χ4n) is 1.88. The highest BCUT2D eigenvalue weighted by molar-refractivity contribution is 5.82. The van der Waals surface area contributed by atoms with Gasteiger partial charge in [-0.25, -0.2) is 4.79 Å². The van der Waals surface area contributed by atoms with E-state index in [2.05, 4.69) is 24.5 Å². The number of amides is 1. The predicted molar refractivity (Wildman–Crippen MR) is 71.5 cm³/mol. The molecule has 0 aliphatic rings. The van der Waals surface area contributed by atoms with Gasteiger partial charge in [-0.2, -0.15) is 0 Å². The van der Waals surface area contributed by atoms with Gasteiger partial charge in [-0.05, 0) is 12.8 Å². The van der Waals surface area contributed by atoms with Crippen molar-refractivity contribution in [3.05, 3.63) is 0 Å². The minimum Gasteiger partial charge on any atom is -0.480 e.